The molecule has 3 aromatic heterocycles. The van der Waals surface area contributed by atoms with Gasteiger partial charge in [0.1, 0.15) is 0 Å². The first-order valence-electron chi connectivity index (χ1n) is 8.96. The molecule has 4 aromatic rings. The molecule has 0 amide bonds. The molecule has 0 spiro atoms. The van der Waals surface area contributed by atoms with Crippen molar-refractivity contribution in [2.45, 2.75) is 32.9 Å². The van der Waals surface area contributed by atoms with Crippen molar-refractivity contribution in [2.75, 3.05) is 0 Å². The van der Waals surface area contributed by atoms with Crippen LogP contribution in [0.15, 0.2) is 53.2 Å². The molecule has 28 heavy (non-hydrogen) atoms. The van der Waals surface area contributed by atoms with Gasteiger partial charge in [-0.2, -0.15) is 5.10 Å². The Hall–Kier alpha value is -3.55. The maximum Gasteiger partial charge on any atom is 0.340 e. The largest absolute Gasteiger partial charge is 0.449 e. The molecule has 0 aliphatic rings. The minimum absolute atomic E-state index is 0.180. The van der Waals surface area contributed by atoms with Crippen LogP contribution < -0.4 is 0 Å². The van der Waals surface area contributed by atoms with Crippen LogP contribution in [-0.4, -0.2) is 30.9 Å². The van der Waals surface area contributed by atoms with Gasteiger partial charge in [-0.15, -0.1) is 10.2 Å². The Morgan fingerprint density at radius 2 is 1.89 bits per heavy atom. The highest BCUT2D eigenvalue weighted by atomic mass is 16.6. The summed E-state index contributed by atoms with van der Waals surface area (Å²) in [6.07, 6.45) is 2.49. The number of pyridine rings is 1. The molecule has 0 N–H and O–H groups in total. The molecule has 8 nitrogen and oxygen atoms in total. The van der Waals surface area contributed by atoms with Gasteiger partial charge in [-0.05, 0) is 39.0 Å². The molecule has 1 unspecified atom stereocenters. The number of hydrogen-bond donors (Lipinski definition) is 0. The van der Waals surface area contributed by atoms with E-state index in [4.69, 9.17) is 9.15 Å². The Labute approximate surface area is 161 Å². The fourth-order valence-corrected chi connectivity index (χ4v) is 2.80. The van der Waals surface area contributed by atoms with E-state index in [-0.39, 0.29) is 11.9 Å². The van der Waals surface area contributed by atoms with Crippen molar-refractivity contribution in [3.05, 3.63) is 60.2 Å². The second kappa shape index (κ2) is 7.22. The van der Waals surface area contributed by atoms with Crippen molar-refractivity contribution in [1.29, 1.82) is 0 Å². The number of hydrogen-bond acceptors (Lipinski definition) is 7. The van der Waals surface area contributed by atoms with Crippen molar-refractivity contribution >= 4 is 17.0 Å². The van der Waals surface area contributed by atoms with Gasteiger partial charge < -0.3 is 9.15 Å². The molecule has 0 radical (unpaired) electrons. The van der Waals surface area contributed by atoms with E-state index in [0.29, 0.717) is 11.5 Å². The average molecular weight is 377 g/mol. The number of carbonyl (C=O) groups is 1. The number of nitrogens with zero attached hydrogens (tertiary/aromatic N) is 5. The highest BCUT2D eigenvalue weighted by Crippen LogP contribution is 2.23. The summed E-state index contributed by atoms with van der Waals surface area (Å²) >= 11 is 0. The molecule has 0 aliphatic carbocycles. The van der Waals surface area contributed by atoms with E-state index >= 15 is 0 Å². The maximum absolute atomic E-state index is 12.5. The lowest BCUT2D eigenvalue weighted by Crippen LogP contribution is -2.10. The Balaban J connectivity index is 1.50. The molecule has 1 atom stereocenters. The predicted molar refractivity (Wildman–Crippen MR) is 101 cm³/mol. The first-order chi connectivity index (χ1) is 13.5. The molecule has 0 bridgehead atoms. The third kappa shape index (κ3) is 3.36. The summed E-state index contributed by atoms with van der Waals surface area (Å²) in [5, 5.41) is 13.1. The summed E-state index contributed by atoms with van der Waals surface area (Å²) < 4.78 is 12.9. The molecule has 0 saturated heterocycles. The van der Waals surface area contributed by atoms with E-state index < -0.39 is 12.1 Å². The second-order valence-corrected chi connectivity index (χ2v) is 6.68. The first kappa shape index (κ1) is 17.8. The summed E-state index contributed by atoms with van der Waals surface area (Å²) in [7, 11) is 0. The monoisotopic (exact) mass is 377 g/mol. The zero-order chi connectivity index (χ0) is 19.7. The number of esters is 1. The molecule has 1 aromatic carbocycles. The van der Waals surface area contributed by atoms with E-state index in [1.54, 1.807) is 23.9 Å². The van der Waals surface area contributed by atoms with Crippen LogP contribution >= 0.6 is 0 Å². The van der Waals surface area contributed by atoms with Crippen LogP contribution in [-0.2, 0) is 4.74 Å². The number of aromatic nitrogens is 5. The SMILES string of the molecule is CC(OC(=O)c1cnc2c(cnn2C(C)C)c1)c1nnc(-c2ccccc2)o1. The van der Waals surface area contributed by atoms with Crippen LogP contribution in [0.3, 0.4) is 0 Å². The number of carbonyl (C=O) groups excluding carboxylic acids is 1. The Kier molecular flexibility index (Phi) is 4.60. The maximum atomic E-state index is 12.5. The Bertz CT molecular complexity index is 1120. The highest BCUT2D eigenvalue weighted by molar-refractivity contribution is 5.93. The molecule has 0 fully saturated rings. The average Bonchev–Trinajstić information content (AvgIpc) is 3.35. The predicted octanol–water partition coefficient (Wildman–Crippen LogP) is 3.98. The number of rotatable bonds is 5. The van der Waals surface area contributed by atoms with Gasteiger partial charge in [0, 0.05) is 23.2 Å². The van der Waals surface area contributed by atoms with Crippen LogP contribution in [0.2, 0.25) is 0 Å². The number of ether oxygens (including phenoxy) is 1. The third-order valence-electron chi connectivity index (χ3n) is 4.25. The van der Waals surface area contributed by atoms with Gasteiger partial charge in [0.25, 0.3) is 5.89 Å². The molecular weight excluding hydrogens is 358 g/mol. The van der Waals surface area contributed by atoms with Gasteiger partial charge >= 0.3 is 5.97 Å². The molecular formula is C20H19N5O3. The van der Waals surface area contributed by atoms with Gasteiger partial charge in [0.05, 0.1) is 11.8 Å². The Morgan fingerprint density at radius 3 is 2.64 bits per heavy atom. The van der Waals surface area contributed by atoms with E-state index in [9.17, 15) is 4.79 Å². The van der Waals surface area contributed by atoms with Gasteiger partial charge in [0.2, 0.25) is 5.89 Å². The van der Waals surface area contributed by atoms with Crippen molar-refractivity contribution < 1.29 is 13.9 Å². The number of fused-ring (bicyclic) bond motifs is 1. The first-order valence-corrected chi connectivity index (χ1v) is 8.96. The molecule has 142 valence electrons. The van der Waals surface area contributed by atoms with Crippen molar-refractivity contribution in [3.8, 4) is 11.5 Å². The van der Waals surface area contributed by atoms with Crippen molar-refractivity contribution in [1.82, 2.24) is 25.0 Å². The highest BCUT2D eigenvalue weighted by Gasteiger charge is 2.21. The minimum atomic E-state index is -0.688. The zero-order valence-electron chi connectivity index (χ0n) is 15.7. The van der Waals surface area contributed by atoms with Crippen molar-refractivity contribution in [3.63, 3.8) is 0 Å². The molecule has 0 saturated carbocycles. The van der Waals surface area contributed by atoms with Gasteiger partial charge in [-0.3, -0.25) is 0 Å². The summed E-state index contributed by atoms with van der Waals surface area (Å²) in [6, 6.07) is 11.3. The van der Waals surface area contributed by atoms with E-state index in [2.05, 4.69) is 20.3 Å². The van der Waals surface area contributed by atoms with Gasteiger partial charge in [0.15, 0.2) is 11.8 Å². The molecule has 8 heteroatoms. The quantitative estimate of drug-likeness (QED) is 0.485. The minimum Gasteiger partial charge on any atom is -0.449 e. The van der Waals surface area contributed by atoms with Crippen LogP contribution in [0.25, 0.3) is 22.5 Å². The lowest BCUT2D eigenvalue weighted by atomic mass is 10.2. The zero-order valence-corrected chi connectivity index (χ0v) is 15.7. The lowest BCUT2D eigenvalue weighted by molar-refractivity contribution is 0.0279. The molecule has 0 aliphatic heterocycles. The van der Waals surface area contributed by atoms with Crippen LogP contribution in [0, 0.1) is 0 Å². The van der Waals surface area contributed by atoms with Crippen molar-refractivity contribution in [2.24, 2.45) is 0 Å². The van der Waals surface area contributed by atoms with E-state index in [0.717, 1.165) is 16.6 Å². The smallest absolute Gasteiger partial charge is 0.340 e. The molecule has 4 rings (SSSR count). The van der Waals surface area contributed by atoms with Crippen LogP contribution in [0.4, 0.5) is 0 Å². The topological polar surface area (TPSA) is 95.9 Å². The van der Waals surface area contributed by atoms with Gasteiger partial charge in [-0.1, -0.05) is 18.2 Å². The van der Waals surface area contributed by atoms with Gasteiger partial charge in [-0.25, -0.2) is 14.5 Å². The lowest BCUT2D eigenvalue weighted by Gasteiger charge is -2.10. The Morgan fingerprint density at radius 1 is 1.11 bits per heavy atom. The van der Waals surface area contributed by atoms with E-state index in [1.165, 1.54) is 6.20 Å². The third-order valence-corrected chi connectivity index (χ3v) is 4.25. The van der Waals surface area contributed by atoms with Crippen LogP contribution in [0.5, 0.6) is 0 Å². The van der Waals surface area contributed by atoms with Crippen LogP contribution in [0.1, 0.15) is 49.2 Å². The fourth-order valence-electron chi connectivity index (χ4n) is 2.80. The summed E-state index contributed by atoms with van der Waals surface area (Å²) in [5.74, 6) is 0.0928. The summed E-state index contributed by atoms with van der Waals surface area (Å²) in [5.41, 5.74) is 1.87. The molecule has 3 heterocycles. The normalized spacial score (nSPS) is 12.4. The second-order valence-electron chi connectivity index (χ2n) is 6.68. The summed E-state index contributed by atoms with van der Waals surface area (Å²) in [6.45, 7) is 5.72. The standard InChI is InChI=1S/C20H19N5O3/c1-12(2)25-17-15(11-22-25)9-16(10-21-17)20(26)27-13(3)18-23-24-19(28-18)14-7-5-4-6-8-14/h4-13H,1-3H3. The summed E-state index contributed by atoms with van der Waals surface area (Å²) in [4.78, 5) is 16.9. The fraction of sp³-hybridized carbons (Fsp3) is 0.250. The number of benzene rings is 1. The van der Waals surface area contributed by atoms with E-state index in [1.807, 2.05) is 44.2 Å².